The summed E-state index contributed by atoms with van der Waals surface area (Å²) in [7, 11) is 0. The van der Waals surface area contributed by atoms with Gasteiger partial charge < -0.3 is 19.9 Å². The van der Waals surface area contributed by atoms with E-state index < -0.39 is 0 Å². The molecule has 5 rings (SSSR count). The SMILES string of the molecule is C[C@@H](CO)NC(=O)C1[C@H]2CN(Cc3ccc([C@H]4COc5cccnc5O4)cc3)C[C@@H]12. The fraction of sp³-hybridized carbons (Fsp3) is 0.478. The zero-order valence-corrected chi connectivity index (χ0v) is 17.0. The van der Waals surface area contributed by atoms with E-state index in [-0.39, 0.29) is 30.6 Å². The zero-order chi connectivity index (χ0) is 20.7. The summed E-state index contributed by atoms with van der Waals surface area (Å²) >= 11 is 0. The van der Waals surface area contributed by atoms with Crippen LogP contribution in [0, 0.1) is 17.8 Å². The molecule has 0 radical (unpaired) electrons. The van der Waals surface area contributed by atoms with Crippen LogP contribution in [-0.4, -0.2) is 53.2 Å². The van der Waals surface area contributed by atoms with E-state index in [2.05, 4.69) is 39.5 Å². The van der Waals surface area contributed by atoms with Crippen LogP contribution in [0.25, 0.3) is 0 Å². The predicted molar refractivity (Wildman–Crippen MR) is 110 cm³/mol. The third-order valence-electron chi connectivity index (χ3n) is 6.37. The molecule has 7 heteroatoms. The van der Waals surface area contributed by atoms with Crippen LogP contribution in [0.4, 0.5) is 0 Å². The lowest BCUT2D eigenvalue weighted by molar-refractivity contribution is -0.124. The minimum atomic E-state index is -0.170. The number of fused-ring (bicyclic) bond motifs is 2. The first kappa shape index (κ1) is 19.3. The van der Waals surface area contributed by atoms with Gasteiger partial charge in [0.05, 0.1) is 6.61 Å². The van der Waals surface area contributed by atoms with Gasteiger partial charge in [0.25, 0.3) is 5.88 Å². The van der Waals surface area contributed by atoms with E-state index in [0.29, 0.717) is 30.1 Å². The summed E-state index contributed by atoms with van der Waals surface area (Å²) in [6, 6.07) is 12.0. The molecule has 30 heavy (non-hydrogen) atoms. The second kappa shape index (κ2) is 7.89. The number of nitrogens with one attached hydrogen (secondary N) is 1. The largest absolute Gasteiger partial charge is 0.484 e. The van der Waals surface area contributed by atoms with E-state index in [1.807, 2.05) is 19.1 Å². The lowest BCUT2D eigenvalue weighted by atomic mass is 10.1. The Bertz CT molecular complexity index is 907. The maximum Gasteiger partial charge on any atom is 0.257 e. The molecule has 0 spiro atoms. The van der Waals surface area contributed by atoms with Gasteiger partial charge in [-0.2, -0.15) is 0 Å². The Morgan fingerprint density at radius 2 is 2.03 bits per heavy atom. The van der Waals surface area contributed by atoms with E-state index in [9.17, 15) is 4.79 Å². The summed E-state index contributed by atoms with van der Waals surface area (Å²) in [5.41, 5.74) is 2.33. The summed E-state index contributed by atoms with van der Waals surface area (Å²) in [5, 5.41) is 12.0. The minimum Gasteiger partial charge on any atom is -0.484 e. The predicted octanol–water partition coefficient (Wildman–Crippen LogP) is 1.77. The number of likely N-dealkylation sites (tertiary alicyclic amines) is 1. The Kier molecular flexibility index (Phi) is 5.08. The van der Waals surface area contributed by atoms with Gasteiger partial charge in [0.1, 0.15) is 6.61 Å². The number of aliphatic hydroxyl groups excluding tert-OH is 1. The molecule has 1 unspecified atom stereocenters. The molecule has 158 valence electrons. The zero-order valence-electron chi connectivity index (χ0n) is 17.0. The Hall–Kier alpha value is -2.64. The molecule has 3 heterocycles. The van der Waals surface area contributed by atoms with Crippen molar-refractivity contribution in [3.05, 3.63) is 53.7 Å². The standard InChI is InChI=1S/C23H27N3O4/c1-14(12-27)25-22(28)21-17-10-26(11-18(17)21)9-15-4-6-16(7-5-15)20-13-29-19-3-2-8-24-23(19)30-20/h2-8,14,17-18,20-21,27H,9-13H2,1H3,(H,25,28)/t14-,17-,18+,20+,21?/m0/s1. The summed E-state index contributed by atoms with van der Waals surface area (Å²) in [5.74, 6) is 2.36. The average Bonchev–Trinajstić information content (AvgIpc) is 3.29. The first-order valence-electron chi connectivity index (χ1n) is 10.6. The van der Waals surface area contributed by atoms with Crippen LogP contribution >= 0.6 is 0 Å². The molecule has 1 aromatic heterocycles. The number of carbonyl (C=O) groups excluding carboxylic acids is 1. The smallest absolute Gasteiger partial charge is 0.257 e. The molecule has 5 atom stereocenters. The third-order valence-corrected chi connectivity index (χ3v) is 6.37. The van der Waals surface area contributed by atoms with Crippen molar-refractivity contribution in [1.82, 2.24) is 15.2 Å². The number of carbonyl (C=O) groups is 1. The number of pyridine rings is 1. The molecular formula is C23H27N3O4. The molecule has 1 saturated carbocycles. The normalized spacial score (nSPS) is 27.9. The van der Waals surface area contributed by atoms with Crippen LogP contribution in [0.3, 0.4) is 0 Å². The number of rotatable bonds is 6. The van der Waals surface area contributed by atoms with Crippen molar-refractivity contribution < 1.29 is 19.4 Å². The first-order valence-corrected chi connectivity index (χ1v) is 10.6. The Morgan fingerprint density at radius 3 is 2.77 bits per heavy atom. The van der Waals surface area contributed by atoms with Crippen molar-refractivity contribution in [2.24, 2.45) is 17.8 Å². The number of nitrogens with zero attached hydrogens (tertiary/aromatic N) is 2. The van der Waals surface area contributed by atoms with E-state index >= 15 is 0 Å². The Balaban J connectivity index is 1.13. The van der Waals surface area contributed by atoms with Crippen LogP contribution in [0.5, 0.6) is 11.6 Å². The van der Waals surface area contributed by atoms with E-state index in [1.165, 1.54) is 5.56 Å². The number of aliphatic hydroxyl groups is 1. The van der Waals surface area contributed by atoms with Crippen molar-refractivity contribution >= 4 is 5.91 Å². The van der Waals surface area contributed by atoms with Gasteiger partial charge in [-0.15, -0.1) is 0 Å². The van der Waals surface area contributed by atoms with Crippen LogP contribution in [0.1, 0.15) is 24.2 Å². The van der Waals surface area contributed by atoms with Gasteiger partial charge in [0.2, 0.25) is 5.91 Å². The molecule has 3 aliphatic rings. The molecule has 1 aliphatic carbocycles. The van der Waals surface area contributed by atoms with Crippen LogP contribution in [0.2, 0.25) is 0 Å². The highest BCUT2D eigenvalue weighted by atomic mass is 16.6. The number of benzene rings is 1. The van der Waals surface area contributed by atoms with Gasteiger partial charge in [0.15, 0.2) is 11.9 Å². The quantitative estimate of drug-likeness (QED) is 0.757. The molecule has 2 N–H and O–H groups in total. The molecule has 1 saturated heterocycles. The van der Waals surface area contributed by atoms with Gasteiger partial charge in [0, 0.05) is 37.8 Å². The third kappa shape index (κ3) is 3.75. The van der Waals surface area contributed by atoms with Crippen LogP contribution in [0.15, 0.2) is 42.6 Å². The highest BCUT2D eigenvalue weighted by Gasteiger charge is 2.59. The molecule has 2 fully saturated rings. The summed E-state index contributed by atoms with van der Waals surface area (Å²) < 4.78 is 11.7. The molecule has 0 bridgehead atoms. The summed E-state index contributed by atoms with van der Waals surface area (Å²) in [6.45, 7) is 5.09. The van der Waals surface area contributed by atoms with Crippen molar-refractivity contribution in [2.75, 3.05) is 26.3 Å². The number of ether oxygens (including phenoxy) is 2. The van der Waals surface area contributed by atoms with Gasteiger partial charge in [-0.25, -0.2) is 4.98 Å². The molecule has 7 nitrogen and oxygen atoms in total. The molecule has 1 aromatic carbocycles. The maximum absolute atomic E-state index is 12.3. The van der Waals surface area contributed by atoms with Gasteiger partial charge in [-0.3, -0.25) is 9.69 Å². The van der Waals surface area contributed by atoms with Crippen molar-refractivity contribution in [3.63, 3.8) is 0 Å². The molecule has 2 aromatic rings. The lowest BCUT2D eigenvalue weighted by Gasteiger charge is -2.26. The monoisotopic (exact) mass is 409 g/mol. The van der Waals surface area contributed by atoms with Crippen LogP contribution in [-0.2, 0) is 11.3 Å². The van der Waals surface area contributed by atoms with Gasteiger partial charge in [-0.1, -0.05) is 24.3 Å². The van der Waals surface area contributed by atoms with E-state index in [4.69, 9.17) is 14.6 Å². The van der Waals surface area contributed by atoms with Crippen molar-refractivity contribution in [3.8, 4) is 11.6 Å². The number of amides is 1. The second-order valence-corrected chi connectivity index (χ2v) is 8.61. The van der Waals surface area contributed by atoms with Crippen molar-refractivity contribution in [2.45, 2.75) is 25.6 Å². The Morgan fingerprint density at radius 1 is 1.27 bits per heavy atom. The molecule has 2 aliphatic heterocycles. The highest BCUT2D eigenvalue weighted by Crippen LogP contribution is 2.52. The summed E-state index contributed by atoms with van der Waals surface area (Å²) in [6.07, 6.45) is 1.55. The number of hydrogen-bond acceptors (Lipinski definition) is 6. The van der Waals surface area contributed by atoms with Gasteiger partial charge >= 0.3 is 0 Å². The molecular weight excluding hydrogens is 382 g/mol. The molecule has 1 amide bonds. The first-order chi connectivity index (χ1) is 14.6. The fourth-order valence-electron chi connectivity index (χ4n) is 4.69. The average molecular weight is 409 g/mol. The van der Waals surface area contributed by atoms with Gasteiger partial charge in [-0.05, 0) is 42.0 Å². The minimum absolute atomic E-state index is 0.0169. The van der Waals surface area contributed by atoms with E-state index in [1.54, 1.807) is 6.20 Å². The topological polar surface area (TPSA) is 83.9 Å². The van der Waals surface area contributed by atoms with Crippen molar-refractivity contribution in [1.29, 1.82) is 0 Å². The lowest BCUT2D eigenvalue weighted by Crippen LogP contribution is -2.38. The number of piperidine rings is 1. The summed E-state index contributed by atoms with van der Waals surface area (Å²) in [4.78, 5) is 18.9. The maximum atomic E-state index is 12.3. The number of aromatic nitrogens is 1. The van der Waals surface area contributed by atoms with E-state index in [0.717, 1.165) is 25.2 Å². The fourth-order valence-corrected chi connectivity index (χ4v) is 4.69. The number of hydrogen-bond donors (Lipinski definition) is 2. The highest BCUT2D eigenvalue weighted by molar-refractivity contribution is 5.82. The van der Waals surface area contributed by atoms with Crippen LogP contribution < -0.4 is 14.8 Å². The second-order valence-electron chi connectivity index (χ2n) is 8.61. The Labute approximate surface area is 176 Å².